The van der Waals surface area contributed by atoms with E-state index < -0.39 is 27.4 Å². The number of nitrogens with zero attached hydrogens (tertiary/aromatic N) is 5. The monoisotopic (exact) mass is 599 g/mol. The van der Waals surface area contributed by atoms with Crippen LogP contribution in [0, 0.1) is 5.82 Å². The Kier molecular flexibility index (Phi) is 7.49. The molecule has 42 heavy (non-hydrogen) atoms. The molecule has 0 aliphatic heterocycles. The predicted molar refractivity (Wildman–Crippen MR) is 154 cm³/mol. The van der Waals surface area contributed by atoms with Gasteiger partial charge in [0.2, 0.25) is 11.9 Å². The lowest BCUT2D eigenvalue weighted by Crippen LogP contribution is -2.12. The molecule has 218 valence electrons. The summed E-state index contributed by atoms with van der Waals surface area (Å²) in [6, 6.07) is 16.2. The van der Waals surface area contributed by atoms with Crippen LogP contribution in [0.4, 0.5) is 52.3 Å². The smallest absolute Gasteiger partial charge is 0.329 e. The summed E-state index contributed by atoms with van der Waals surface area (Å²) >= 11 is 0. The summed E-state index contributed by atoms with van der Waals surface area (Å²) in [6.45, 7) is 0. The molecule has 0 bridgehead atoms. The maximum absolute atomic E-state index is 14.3. The van der Waals surface area contributed by atoms with Gasteiger partial charge in [-0.15, -0.1) is 0 Å². The van der Waals surface area contributed by atoms with Crippen molar-refractivity contribution in [3.8, 4) is 0 Å². The molecule has 5 rings (SSSR count). The van der Waals surface area contributed by atoms with Crippen molar-refractivity contribution in [2.75, 3.05) is 28.8 Å². The topological polar surface area (TPSA) is 105 Å². The Balaban J connectivity index is 1.36. The fraction of sp³-hybridized carbons (Fsp3) is 0.179. The van der Waals surface area contributed by atoms with Gasteiger partial charge in [-0.25, -0.2) is 22.8 Å². The van der Waals surface area contributed by atoms with Crippen molar-refractivity contribution in [1.82, 2.24) is 19.5 Å². The molecule has 5 aromatic rings. The summed E-state index contributed by atoms with van der Waals surface area (Å²) in [5.74, 6) is 0.155. The number of hydrogen-bond acceptors (Lipinski definition) is 8. The second-order valence-corrected chi connectivity index (χ2v) is 11.8. The SMILES string of the molecule is CN(c1ccc2c(c1)nc(Nc1cc(C(F)(F)F)ccc1F)n2C)c1ccnc(Nc2ccc(CS(C)(=O)=O)cc2)n1. The van der Waals surface area contributed by atoms with Crippen molar-refractivity contribution < 1.29 is 26.0 Å². The van der Waals surface area contributed by atoms with Crippen LogP contribution in [0.5, 0.6) is 0 Å². The largest absolute Gasteiger partial charge is 0.416 e. The van der Waals surface area contributed by atoms with E-state index in [1.54, 1.807) is 72.2 Å². The van der Waals surface area contributed by atoms with Crippen LogP contribution in [-0.2, 0) is 28.8 Å². The van der Waals surface area contributed by atoms with E-state index in [9.17, 15) is 26.0 Å². The quantitative estimate of drug-likeness (QED) is 0.200. The Labute approximate surface area is 238 Å². The highest BCUT2D eigenvalue weighted by atomic mass is 32.2. The summed E-state index contributed by atoms with van der Waals surface area (Å²) < 4.78 is 78.4. The van der Waals surface area contributed by atoms with E-state index >= 15 is 0 Å². The Morgan fingerprint density at radius 3 is 2.38 bits per heavy atom. The minimum absolute atomic E-state index is 0.0512. The fourth-order valence-electron chi connectivity index (χ4n) is 4.27. The second-order valence-electron chi connectivity index (χ2n) is 9.67. The van der Waals surface area contributed by atoms with E-state index in [0.717, 1.165) is 6.07 Å². The van der Waals surface area contributed by atoms with E-state index in [-0.39, 0.29) is 17.4 Å². The van der Waals surface area contributed by atoms with Crippen LogP contribution in [-0.4, -0.2) is 41.2 Å². The van der Waals surface area contributed by atoms with Gasteiger partial charge >= 0.3 is 6.18 Å². The lowest BCUT2D eigenvalue weighted by atomic mass is 10.2. The molecule has 0 spiro atoms. The molecule has 2 aromatic heterocycles. The molecule has 2 N–H and O–H groups in total. The van der Waals surface area contributed by atoms with Gasteiger partial charge in [0.15, 0.2) is 9.84 Å². The molecule has 0 aliphatic rings. The van der Waals surface area contributed by atoms with Gasteiger partial charge in [-0.05, 0) is 60.2 Å². The number of aryl methyl sites for hydroxylation is 1. The first-order valence-electron chi connectivity index (χ1n) is 12.5. The Hall–Kier alpha value is -4.72. The minimum Gasteiger partial charge on any atom is -0.329 e. The summed E-state index contributed by atoms with van der Waals surface area (Å²) in [5.41, 5.74) is 1.94. The first-order valence-corrected chi connectivity index (χ1v) is 14.5. The third-order valence-electron chi connectivity index (χ3n) is 6.42. The Bertz CT molecular complexity index is 1870. The van der Waals surface area contributed by atoms with Gasteiger partial charge in [0.05, 0.1) is 28.0 Å². The lowest BCUT2D eigenvalue weighted by molar-refractivity contribution is -0.137. The zero-order valence-electron chi connectivity index (χ0n) is 22.6. The van der Waals surface area contributed by atoms with Crippen LogP contribution < -0.4 is 15.5 Å². The van der Waals surface area contributed by atoms with Gasteiger partial charge < -0.3 is 20.1 Å². The standard InChI is InChI=1S/C28H25F4N7O2S/c1-38(25-12-13-33-26(37-25)34-19-7-4-17(5-8-19)16-42(3,40)41)20-9-11-24-23(15-20)36-27(39(24)2)35-22-14-18(28(30,31)32)6-10-21(22)29/h4-15H,16H2,1-3H3,(H,35,36)(H,33,34,37). The third kappa shape index (κ3) is 6.43. The van der Waals surface area contributed by atoms with Gasteiger partial charge in [-0.3, -0.25) is 0 Å². The van der Waals surface area contributed by atoms with Crippen LogP contribution in [0.2, 0.25) is 0 Å². The molecule has 0 fully saturated rings. The molecule has 0 saturated heterocycles. The van der Waals surface area contributed by atoms with E-state index in [2.05, 4.69) is 25.6 Å². The number of halogens is 4. The van der Waals surface area contributed by atoms with Crippen LogP contribution >= 0.6 is 0 Å². The van der Waals surface area contributed by atoms with Gasteiger partial charge in [0, 0.05) is 37.9 Å². The van der Waals surface area contributed by atoms with Crippen molar-refractivity contribution >= 4 is 55.6 Å². The van der Waals surface area contributed by atoms with E-state index in [1.165, 1.54) is 6.26 Å². The van der Waals surface area contributed by atoms with Gasteiger partial charge in [0.25, 0.3) is 0 Å². The number of fused-ring (bicyclic) bond motifs is 1. The predicted octanol–water partition coefficient (Wildman–Crippen LogP) is 6.32. The van der Waals surface area contributed by atoms with E-state index in [1.807, 2.05) is 6.07 Å². The van der Waals surface area contributed by atoms with Crippen LogP contribution in [0.1, 0.15) is 11.1 Å². The molecule has 0 radical (unpaired) electrons. The lowest BCUT2D eigenvalue weighted by Gasteiger charge is -2.19. The van der Waals surface area contributed by atoms with Crippen molar-refractivity contribution in [3.05, 3.63) is 89.9 Å². The number of imidazole rings is 1. The van der Waals surface area contributed by atoms with Crippen molar-refractivity contribution in [3.63, 3.8) is 0 Å². The van der Waals surface area contributed by atoms with E-state index in [0.29, 0.717) is 51.9 Å². The molecule has 0 amide bonds. The first kappa shape index (κ1) is 28.8. The summed E-state index contributed by atoms with van der Waals surface area (Å²) in [5, 5.41) is 5.77. The molecule has 3 aromatic carbocycles. The molecular formula is C28H25F4N7O2S. The molecule has 0 atom stereocenters. The normalized spacial score (nSPS) is 12.0. The average Bonchev–Trinajstić information content (AvgIpc) is 3.23. The Morgan fingerprint density at radius 1 is 0.952 bits per heavy atom. The minimum atomic E-state index is -4.61. The molecule has 2 heterocycles. The number of aromatic nitrogens is 4. The van der Waals surface area contributed by atoms with E-state index in [4.69, 9.17) is 0 Å². The maximum Gasteiger partial charge on any atom is 0.416 e. The molecule has 9 nitrogen and oxygen atoms in total. The zero-order chi connectivity index (χ0) is 30.2. The maximum atomic E-state index is 14.3. The van der Waals surface area contributed by atoms with Crippen molar-refractivity contribution in [1.29, 1.82) is 0 Å². The molecule has 0 unspecified atom stereocenters. The van der Waals surface area contributed by atoms with Crippen LogP contribution in [0.3, 0.4) is 0 Å². The highest BCUT2D eigenvalue weighted by Crippen LogP contribution is 2.34. The number of alkyl halides is 3. The number of rotatable bonds is 8. The van der Waals surface area contributed by atoms with Crippen molar-refractivity contribution in [2.45, 2.75) is 11.9 Å². The van der Waals surface area contributed by atoms with Gasteiger partial charge in [-0.2, -0.15) is 18.2 Å². The third-order valence-corrected chi connectivity index (χ3v) is 7.27. The zero-order valence-corrected chi connectivity index (χ0v) is 23.4. The molecule has 0 saturated carbocycles. The van der Waals surface area contributed by atoms with Gasteiger partial charge in [-0.1, -0.05) is 12.1 Å². The molecule has 14 heteroatoms. The highest BCUT2D eigenvalue weighted by molar-refractivity contribution is 7.89. The van der Waals surface area contributed by atoms with Crippen LogP contribution in [0.15, 0.2) is 72.9 Å². The number of nitrogens with one attached hydrogen (secondary N) is 2. The number of anilines is 6. The number of sulfone groups is 1. The summed E-state index contributed by atoms with van der Waals surface area (Å²) in [6.07, 6.45) is -1.85. The fourth-order valence-corrected chi connectivity index (χ4v) is 5.07. The highest BCUT2D eigenvalue weighted by Gasteiger charge is 2.31. The molecule has 0 aliphatic carbocycles. The summed E-state index contributed by atoms with van der Waals surface area (Å²) in [4.78, 5) is 15.1. The molecular weight excluding hydrogens is 574 g/mol. The first-order chi connectivity index (χ1) is 19.8. The Morgan fingerprint density at radius 2 is 1.69 bits per heavy atom. The average molecular weight is 600 g/mol. The van der Waals surface area contributed by atoms with Crippen LogP contribution in [0.25, 0.3) is 11.0 Å². The number of benzene rings is 3. The second kappa shape index (κ2) is 10.9. The van der Waals surface area contributed by atoms with Gasteiger partial charge in [0.1, 0.15) is 11.6 Å². The van der Waals surface area contributed by atoms with Crippen molar-refractivity contribution in [2.24, 2.45) is 7.05 Å². The summed E-state index contributed by atoms with van der Waals surface area (Å²) in [7, 11) is 0.328. The number of hydrogen-bond donors (Lipinski definition) is 2.